The van der Waals surface area contributed by atoms with Gasteiger partial charge in [0.1, 0.15) is 5.76 Å². The number of aryl methyl sites for hydroxylation is 1. The number of nitrogens with one attached hydrogen (secondary N) is 1. The summed E-state index contributed by atoms with van der Waals surface area (Å²) in [4.78, 5) is 11.6. The van der Waals surface area contributed by atoms with E-state index >= 15 is 0 Å². The van der Waals surface area contributed by atoms with Crippen molar-refractivity contribution < 1.29 is 9.21 Å². The Morgan fingerprint density at radius 3 is 2.78 bits per heavy atom. The molecule has 0 fully saturated rings. The lowest BCUT2D eigenvalue weighted by atomic mass is 10.2. The highest BCUT2D eigenvalue weighted by Crippen LogP contribution is 2.09. The van der Waals surface area contributed by atoms with Crippen LogP contribution in [0.15, 0.2) is 45.9 Å². The zero-order valence-corrected chi connectivity index (χ0v) is 11.8. The average molecular weight is 354 g/mol. The van der Waals surface area contributed by atoms with Crippen LogP contribution in [0.5, 0.6) is 0 Å². The SMILES string of the molecule is Cc1ccc(C(=O)N/N=C/c2ccccc2I)o1. The standard InChI is InChI=1S/C13H11IN2O2/c1-9-6-7-12(18-9)13(17)16-15-8-10-4-2-3-5-11(10)14/h2-8H,1H3,(H,16,17)/b15-8+. The summed E-state index contributed by atoms with van der Waals surface area (Å²) in [5.41, 5.74) is 3.37. The highest BCUT2D eigenvalue weighted by atomic mass is 127. The summed E-state index contributed by atoms with van der Waals surface area (Å²) in [5, 5.41) is 3.90. The number of hydrogen-bond acceptors (Lipinski definition) is 3. The van der Waals surface area contributed by atoms with Crippen LogP contribution in [0.3, 0.4) is 0 Å². The van der Waals surface area contributed by atoms with E-state index in [1.165, 1.54) is 0 Å². The molecule has 1 N–H and O–H groups in total. The van der Waals surface area contributed by atoms with Crippen molar-refractivity contribution in [1.29, 1.82) is 0 Å². The van der Waals surface area contributed by atoms with Crippen molar-refractivity contribution in [2.24, 2.45) is 5.10 Å². The van der Waals surface area contributed by atoms with Gasteiger partial charge in [0.15, 0.2) is 5.76 Å². The van der Waals surface area contributed by atoms with E-state index in [1.807, 2.05) is 24.3 Å². The van der Waals surface area contributed by atoms with E-state index in [0.717, 1.165) is 9.13 Å². The Balaban J connectivity index is 2.00. The molecule has 0 aliphatic heterocycles. The zero-order valence-electron chi connectivity index (χ0n) is 9.68. The number of furan rings is 1. The van der Waals surface area contributed by atoms with Crippen molar-refractivity contribution in [3.8, 4) is 0 Å². The molecule has 4 nitrogen and oxygen atoms in total. The van der Waals surface area contributed by atoms with Gasteiger partial charge in [-0.25, -0.2) is 5.43 Å². The first-order valence-electron chi connectivity index (χ1n) is 5.31. The summed E-state index contributed by atoms with van der Waals surface area (Å²) in [6.07, 6.45) is 1.61. The van der Waals surface area contributed by atoms with E-state index < -0.39 is 0 Å². The van der Waals surface area contributed by atoms with Crippen molar-refractivity contribution in [3.05, 3.63) is 57.1 Å². The number of amides is 1. The zero-order chi connectivity index (χ0) is 13.0. The molecule has 0 unspecified atom stereocenters. The van der Waals surface area contributed by atoms with Crippen LogP contribution >= 0.6 is 22.6 Å². The van der Waals surface area contributed by atoms with E-state index in [0.29, 0.717) is 5.76 Å². The van der Waals surface area contributed by atoms with Crippen LogP contribution in [0.25, 0.3) is 0 Å². The summed E-state index contributed by atoms with van der Waals surface area (Å²) in [5.74, 6) is 0.597. The van der Waals surface area contributed by atoms with Gasteiger partial charge in [-0.3, -0.25) is 4.79 Å². The second-order valence-corrected chi connectivity index (χ2v) is 4.79. The van der Waals surface area contributed by atoms with Crippen molar-refractivity contribution in [1.82, 2.24) is 5.43 Å². The second-order valence-electron chi connectivity index (χ2n) is 3.63. The van der Waals surface area contributed by atoms with Crippen molar-refractivity contribution in [2.45, 2.75) is 6.92 Å². The molecule has 0 atom stereocenters. The number of nitrogens with zero attached hydrogens (tertiary/aromatic N) is 1. The van der Waals surface area contributed by atoms with Crippen LogP contribution in [-0.2, 0) is 0 Å². The molecule has 0 bridgehead atoms. The highest BCUT2D eigenvalue weighted by Gasteiger charge is 2.07. The van der Waals surface area contributed by atoms with Crippen LogP contribution in [0.2, 0.25) is 0 Å². The normalized spacial score (nSPS) is 10.8. The Bertz CT molecular complexity index is 590. The summed E-state index contributed by atoms with van der Waals surface area (Å²) in [6, 6.07) is 11.1. The van der Waals surface area contributed by atoms with Crippen LogP contribution in [0.1, 0.15) is 21.9 Å². The molecule has 1 amide bonds. The summed E-state index contributed by atoms with van der Waals surface area (Å²) in [6.45, 7) is 1.78. The fourth-order valence-corrected chi connectivity index (χ4v) is 1.88. The number of carbonyl (C=O) groups excluding carboxylic acids is 1. The summed E-state index contributed by atoms with van der Waals surface area (Å²) < 4.78 is 6.26. The molecule has 1 aromatic heterocycles. The number of benzene rings is 1. The minimum atomic E-state index is -0.356. The lowest BCUT2D eigenvalue weighted by Gasteiger charge is -1.97. The quantitative estimate of drug-likeness (QED) is 0.524. The highest BCUT2D eigenvalue weighted by molar-refractivity contribution is 14.1. The molecule has 2 aromatic rings. The average Bonchev–Trinajstić information content (AvgIpc) is 2.78. The minimum absolute atomic E-state index is 0.257. The third-order valence-corrected chi connectivity index (χ3v) is 3.22. The molecule has 0 radical (unpaired) electrons. The van der Waals surface area contributed by atoms with E-state index in [2.05, 4.69) is 33.1 Å². The van der Waals surface area contributed by atoms with Crippen molar-refractivity contribution >= 4 is 34.7 Å². The molecule has 1 aromatic carbocycles. The molecule has 0 saturated heterocycles. The van der Waals surface area contributed by atoms with Crippen LogP contribution in [-0.4, -0.2) is 12.1 Å². The Labute approximate surface area is 118 Å². The van der Waals surface area contributed by atoms with Crippen LogP contribution in [0.4, 0.5) is 0 Å². The number of hydrogen-bond donors (Lipinski definition) is 1. The first kappa shape index (κ1) is 12.8. The first-order valence-corrected chi connectivity index (χ1v) is 6.39. The van der Waals surface area contributed by atoms with Gasteiger partial charge in [-0.2, -0.15) is 5.10 Å². The van der Waals surface area contributed by atoms with Gasteiger partial charge in [-0.15, -0.1) is 0 Å². The fraction of sp³-hybridized carbons (Fsp3) is 0.0769. The number of halogens is 1. The minimum Gasteiger partial charge on any atom is -0.456 e. The Morgan fingerprint density at radius 2 is 2.11 bits per heavy atom. The van der Waals surface area contributed by atoms with Crippen LogP contribution < -0.4 is 5.43 Å². The molecule has 0 saturated carbocycles. The number of carbonyl (C=O) groups is 1. The molecule has 0 spiro atoms. The molecule has 1 heterocycles. The maximum Gasteiger partial charge on any atom is 0.307 e. The molecule has 0 aliphatic carbocycles. The third kappa shape index (κ3) is 3.19. The Morgan fingerprint density at radius 1 is 1.33 bits per heavy atom. The van der Waals surface area contributed by atoms with E-state index in [-0.39, 0.29) is 11.7 Å². The predicted octanol–water partition coefficient (Wildman–Crippen LogP) is 2.96. The monoisotopic (exact) mass is 354 g/mol. The van der Waals surface area contributed by atoms with Gasteiger partial charge in [-0.1, -0.05) is 18.2 Å². The van der Waals surface area contributed by atoms with Crippen molar-refractivity contribution in [3.63, 3.8) is 0 Å². The molecule has 2 rings (SSSR count). The molecular formula is C13H11IN2O2. The maximum atomic E-state index is 11.6. The maximum absolute atomic E-state index is 11.6. The van der Waals surface area contributed by atoms with Gasteiger partial charge < -0.3 is 4.42 Å². The first-order chi connectivity index (χ1) is 8.66. The largest absolute Gasteiger partial charge is 0.456 e. The van der Waals surface area contributed by atoms with Gasteiger partial charge in [0.25, 0.3) is 0 Å². The topological polar surface area (TPSA) is 54.6 Å². The molecule has 5 heteroatoms. The summed E-state index contributed by atoms with van der Waals surface area (Å²) >= 11 is 2.21. The van der Waals surface area contributed by atoms with Gasteiger partial charge in [0.2, 0.25) is 0 Å². The van der Waals surface area contributed by atoms with E-state index in [1.54, 1.807) is 25.3 Å². The summed E-state index contributed by atoms with van der Waals surface area (Å²) in [7, 11) is 0. The predicted molar refractivity (Wildman–Crippen MR) is 77.7 cm³/mol. The smallest absolute Gasteiger partial charge is 0.307 e. The van der Waals surface area contributed by atoms with E-state index in [9.17, 15) is 4.79 Å². The van der Waals surface area contributed by atoms with E-state index in [4.69, 9.17) is 4.42 Å². The van der Waals surface area contributed by atoms with Crippen molar-refractivity contribution in [2.75, 3.05) is 0 Å². The Hall–Kier alpha value is -1.63. The molecule has 92 valence electrons. The lowest BCUT2D eigenvalue weighted by Crippen LogP contribution is -2.16. The molecule has 0 aliphatic rings. The molecular weight excluding hydrogens is 343 g/mol. The molecule has 18 heavy (non-hydrogen) atoms. The number of rotatable bonds is 3. The van der Waals surface area contributed by atoms with Gasteiger partial charge in [0, 0.05) is 9.13 Å². The second kappa shape index (κ2) is 5.81. The number of hydrazone groups is 1. The lowest BCUT2D eigenvalue weighted by molar-refractivity contribution is 0.0926. The van der Waals surface area contributed by atoms with Gasteiger partial charge in [0.05, 0.1) is 6.21 Å². The van der Waals surface area contributed by atoms with Gasteiger partial charge in [-0.05, 0) is 47.7 Å². The Kier molecular flexibility index (Phi) is 4.14. The van der Waals surface area contributed by atoms with Gasteiger partial charge >= 0.3 is 5.91 Å². The fourth-order valence-electron chi connectivity index (χ4n) is 1.35. The third-order valence-electron chi connectivity index (χ3n) is 2.24. The van der Waals surface area contributed by atoms with Crippen LogP contribution in [0, 0.1) is 10.5 Å².